The lowest BCUT2D eigenvalue weighted by Gasteiger charge is -2.10. The summed E-state index contributed by atoms with van der Waals surface area (Å²) in [5, 5.41) is 5.47. The van der Waals surface area contributed by atoms with Crippen molar-refractivity contribution in [1.82, 2.24) is 0 Å². The normalized spacial score (nSPS) is 10.8. The van der Waals surface area contributed by atoms with Crippen molar-refractivity contribution in [1.29, 1.82) is 0 Å². The highest BCUT2D eigenvalue weighted by Gasteiger charge is 2.10. The molecule has 7 heteroatoms. The first kappa shape index (κ1) is 18.9. The summed E-state index contributed by atoms with van der Waals surface area (Å²) in [4.78, 5) is 24.4. The van der Waals surface area contributed by atoms with Crippen LogP contribution in [0.15, 0.2) is 53.4 Å². The van der Waals surface area contributed by atoms with Crippen molar-refractivity contribution in [2.45, 2.75) is 24.5 Å². The van der Waals surface area contributed by atoms with Crippen LogP contribution in [0.1, 0.15) is 24.2 Å². The predicted molar refractivity (Wildman–Crippen MR) is 96.2 cm³/mol. The molecule has 2 amide bonds. The van der Waals surface area contributed by atoms with E-state index < -0.39 is 5.76 Å². The minimum absolute atomic E-state index is 0.115. The van der Waals surface area contributed by atoms with Crippen molar-refractivity contribution in [2.75, 3.05) is 10.6 Å². The molecule has 0 aromatic heterocycles. The highest BCUT2D eigenvalue weighted by molar-refractivity contribution is 7.99. The zero-order valence-corrected chi connectivity index (χ0v) is 14.6. The second-order valence-electron chi connectivity index (χ2n) is 5.58. The fourth-order valence-corrected chi connectivity index (χ4v) is 2.45. The Hall–Kier alpha value is -2.41. The molecule has 132 valence electrons. The molecule has 0 saturated carbocycles. The topological polar surface area (TPSA) is 58.2 Å². The van der Waals surface area contributed by atoms with Gasteiger partial charge in [0.15, 0.2) is 0 Å². The Morgan fingerprint density at radius 1 is 0.960 bits per heavy atom. The van der Waals surface area contributed by atoms with Gasteiger partial charge in [-0.2, -0.15) is 8.78 Å². The van der Waals surface area contributed by atoms with Gasteiger partial charge in [0.25, 0.3) is 11.7 Å². The van der Waals surface area contributed by atoms with E-state index in [1.54, 1.807) is 38.1 Å². The molecule has 0 atom stereocenters. The maximum atomic E-state index is 12.3. The first-order chi connectivity index (χ1) is 11.8. The van der Waals surface area contributed by atoms with E-state index in [4.69, 9.17) is 0 Å². The summed E-state index contributed by atoms with van der Waals surface area (Å²) in [6.07, 6.45) is 0. The summed E-state index contributed by atoms with van der Waals surface area (Å²) < 4.78 is 24.6. The van der Waals surface area contributed by atoms with Crippen LogP contribution in [0.25, 0.3) is 0 Å². The number of halogens is 2. The van der Waals surface area contributed by atoms with Gasteiger partial charge >= 0.3 is 0 Å². The number of amides is 2. The number of carbonyl (C=O) groups excluding carboxylic acids is 2. The van der Waals surface area contributed by atoms with Gasteiger partial charge in [-0.1, -0.05) is 31.7 Å². The summed E-state index contributed by atoms with van der Waals surface area (Å²) in [6, 6.07) is 12.7. The van der Waals surface area contributed by atoms with Crippen LogP contribution in [0.4, 0.5) is 20.2 Å². The summed E-state index contributed by atoms with van der Waals surface area (Å²) in [7, 11) is 0. The van der Waals surface area contributed by atoms with Crippen LogP contribution in [-0.2, 0) is 4.79 Å². The van der Waals surface area contributed by atoms with E-state index >= 15 is 0 Å². The summed E-state index contributed by atoms with van der Waals surface area (Å²) in [6.45, 7) is 3.58. The molecule has 4 nitrogen and oxygen atoms in total. The summed E-state index contributed by atoms with van der Waals surface area (Å²) >= 11 is 0.427. The molecule has 2 aromatic rings. The van der Waals surface area contributed by atoms with E-state index in [0.29, 0.717) is 33.6 Å². The van der Waals surface area contributed by atoms with Crippen molar-refractivity contribution in [2.24, 2.45) is 5.92 Å². The highest BCUT2D eigenvalue weighted by atomic mass is 32.2. The van der Waals surface area contributed by atoms with E-state index in [1.165, 1.54) is 24.3 Å². The largest absolute Gasteiger partial charge is 0.326 e. The van der Waals surface area contributed by atoms with Crippen molar-refractivity contribution < 1.29 is 18.4 Å². The number of carbonyl (C=O) groups is 2. The number of alkyl halides is 2. The maximum absolute atomic E-state index is 12.3. The van der Waals surface area contributed by atoms with Gasteiger partial charge < -0.3 is 10.6 Å². The molecule has 0 fully saturated rings. The molecule has 0 saturated heterocycles. The molecule has 0 unspecified atom stereocenters. The fraction of sp³-hybridized carbons (Fsp3) is 0.222. The van der Waals surface area contributed by atoms with E-state index in [2.05, 4.69) is 10.6 Å². The molecule has 0 heterocycles. The van der Waals surface area contributed by atoms with Crippen LogP contribution in [0.3, 0.4) is 0 Å². The molecule has 0 spiro atoms. The Labute approximate surface area is 149 Å². The number of hydrogen-bond donors (Lipinski definition) is 2. The van der Waals surface area contributed by atoms with Gasteiger partial charge in [-0.25, -0.2) is 0 Å². The second kappa shape index (κ2) is 8.62. The lowest BCUT2D eigenvalue weighted by molar-refractivity contribution is -0.118. The van der Waals surface area contributed by atoms with Gasteiger partial charge in [-0.15, -0.1) is 0 Å². The van der Waals surface area contributed by atoms with Crippen molar-refractivity contribution in [3.8, 4) is 0 Å². The van der Waals surface area contributed by atoms with Crippen LogP contribution < -0.4 is 10.6 Å². The number of benzene rings is 2. The SMILES string of the molecule is CC(C)C(=O)Nc1cccc(NC(=O)c2ccc(SC(F)F)cc2)c1. The first-order valence-corrected chi connectivity index (χ1v) is 8.50. The lowest BCUT2D eigenvalue weighted by atomic mass is 10.2. The van der Waals surface area contributed by atoms with Crippen LogP contribution in [0, 0.1) is 5.92 Å². The molecule has 0 aliphatic rings. The first-order valence-electron chi connectivity index (χ1n) is 7.62. The zero-order chi connectivity index (χ0) is 18.4. The quantitative estimate of drug-likeness (QED) is 0.721. The average Bonchev–Trinajstić information content (AvgIpc) is 2.55. The Balaban J connectivity index is 2.04. The minimum Gasteiger partial charge on any atom is -0.326 e. The van der Waals surface area contributed by atoms with Crippen LogP contribution in [-0.4, -0.2) is 17.6 Å². The maximum Gasteiger partial charge on any atom is 0.288 e. The summed E-state index contributed by atoms with van der Waals surface area (Å²) in [5.74, 6) is -3.12. The Morgan fingerprint density at radius 2 is 1.56 bits per heavy atom. The molecule has 2 rings (SSSR count). The molecule has 2 aromatic carbocycles. The van der Waals surface area contributed by atoms with E-state index in [-0.39, 0.29) is 17.7 Å². The van der Waals surface area contributed by atoms with Crippen molar-refractivity contribution >= 4 is 35.0 Å². The standard InChI is InChI=1S/C18H18F2N2O2S/c1-11(2)16(23)21-13-4-3-5-14(10-13)22-17(24)12-6-8-15(9-7-12)25-18(19)20/h3-11,18H,1-2H3,(H,21,23)(H,22,24). The molecule has 0 radical (unpaired) electrons. The van der Waals surface area contributed by atoms with Gasteiger partial charge in [0.2, 0.25) is 5.91 Å². The van der Waals surface area contributed by atoms with Gasteiger partial charge in [0, 0.05) is 27.8 Å². The molecule has 0 aliphatic heterocycles. The van der Waals surface area contributed by atoms with Gasteiger partial charge in [0.05, 0.1) is 0 Å². The third kappa shape index (κ3) is 5.86. The Kier molecular flexibility index (Phi) is 6.52. The molecule has 0 aliphatic carbocycles. The Bertz CT molecular complexity index is 749. The van der Waals surface area contributed by atoms with Crippen LogP contribution >= 0.6 is 11.8 Å². The minimum atomic E-state index is -2.50. The monoisotopic (exact) mass is 364 g/mol. The number of rotatable bonds is 6. The lowest BCUT2D eigenvalue weighted by Crippen LogP contribution is -2.18. The number of hydrogen-bond acceptors (Lipinski definition) is 3. The molecule has 25 heavy (non-hydrogen) atoms. The molecular weight excluding hydrogens is 346 g/mol. The third-order valence-corrected chi connectivity index (χ3v) is 3.98. The molecule has 0 bridgehead atoms. The fourth-order valence-electron chi connectivity index (χ4n) is 1.95. The molecule has 2 N–H and O–H groups in total. The van der Waals surface area contributed by atoms with Crippen LogP contribution in [0.2, 0.25) is 0 Å². The van der Waals surface area contributed by atoms with E-state index in [9.17, 15) is 18.4 Å². The van der Waals surface area contributed by atoms with E-state index in [0.717, 1.165) is 0 Å². The Morgan fingerprint density at radius 3 is 2.12 bits per heavy atom. The number of anilines is 2. The average molecular weight is 364 g/mol. The number of thioether (sulfide) groups is 1. The summed E-state index contributed by atoms with van der Waals surface area (Å²) in [5.41, 5.74) is 1.47. The highest BCUT2D eigenvalue weighted by Crippen LogP contribution is 2.25. The van der Waals surface area contributed by atoms with Crippen molar-refractivity contribution in [3.05, 3.63) is 54.1 Å². The van der Waals surface area contributed by atoms with Crippen LogP contribution in [0.5, 0.6) is 0 Å². The zero-order valence-electron chi connectivity index (χ0n) is 13.8. The predicted octanol–water partition coefficient (Wildman–Crippen LogP) is 4.85. The van der Waals surface area contributed by atoms with E-state index in [1.807, 2.05) is 0 Å². The van der Waals surface area contributed by atoms with Gasteiger partial charge in [-0.3, -0.25) is 9.59 Å². The third-order valence-electron chi connectivity index (χ3n) is 3.25. The van der Waals surface area contributed by atoms with Crippen molar-refractivity contribution in [3.63, 3.8) is 0 Å². The van der Waals surface area contributed by atoms with Gasteiger partial charge in [-0.05, 0) is 42.5 Å². The smallest absolute Gasteiger partial charge is 0.288 e. The number of nitrogens with one attached hydrogen (secondary N) is 2. The van der Waals surface area contributed by atoms with Gasteiger partial charge in [0.1, 0.15) is 0 Å². The second-order valence-corrected chi connectivity index (χ2v) is 6.65. The molecular formula is C18H18F2N2O2S.